The third kappa shape index (κ3) is 2.56. The number of thiophene rings is 1. The maximum Gasteiger partial charge on any atom is 0.267 e. The normalized spacial score (nSPS) is 20.0. The molecule has 0 aromatic carbocycles. The lowest BCUT2D eigenvalue weighted by atomic mass is 10.4. The molecule has 1 N–H and O–H groups in total. The third-order valence-electron chi connectivity index (χ3n) is 3.59. The standard InChI is InChI=1S/C12H15N3O4S2/c16-10-7-14(8-13-10)12(17)11-9(3-6-20-11)21(18,19)15-4-1-2-5-15/h3,6H,1-2,4-5,7-8H2,(H,13,16). The van der Waals surface area contributed by atoms with E-state index in [-0.39, 0.29) is 28.9 Å². The quantitative estimate of drug-likeness (QED) is 0.850. The van der Waals surface area contributed by atoms with E-state index in [2.05, 4.69) is 5.32 Å². The van der Waals surface area contributed by atoms with Crippen LogP contribution in [0.3, 0.4) is 0 Å². The molecule has 2 saturated heterocycles. The first kappa shape index (κ1) is 14.5. The second-order valence-corrected chi connectivity index (χ2v) is 7.81. The van der Waals surface area contributed by atoms with Crippen LogP contribution in [0.25, 0.3) is 0 Å². The zero-order chi connectivity index (χ0) is 15.0. The Bertz CT molecular complexity index is 676. The molecule has 7 nitrogen and oxygen atoms in total. The Morgan fingerprint density at radius 2 is 2.00 bits per heavy atom. The van der Waals surface area contributed by atoms with Gasteiger partial charge in [-0.1, -0.05) is 0 Å². The number of carbonyl (C=O) groups is 2. The van der Waals surface area contributed by atoms with Crippen LogP contribution in [0.2, 0.25) is 0 Å². The Kier molecular flexibility index (Phi) is 3.72. The summed E-state index contributed by atoms with van der Waals surface area (Å²) in [6.07, 6.45) is 1.69. The molecule has 3 rings (SSSR count). The van der Waals surface area contributed by atoms with E-state index in [0.29, 0.717) is 13.1 Å². The van der Waals surface area contributed by atoms with Gasteiger partial charge in [-0.25, -0.2) is 8.42 Å². The number of rotatable bonds is 3. The minimum absolute atomic E-state index is 0.0278. The number of nitrogens with one attached hydrogen (secondary N) is 1. The van der Waals surface area contributed by atoms with Gasteiger partial charge in [0, 0.05) is 13.1 Å². The Morgan fingerprint density at radius 3 is 2.62 bits per heavy atom. The van der Waals surface area contributed by atoms with Crippen LogP contribution in [0.15, 0.2) is 16.3 Å². The Balaban J connectivity index is 1.90. The van der Waals surface area contributed by atoms with Gasteiger partial charge >= 0.3 is 0 Å². The fourth-order valence-electron chi connectivity index (χ4n) is 2.48. The molecular weight excluding hydrogens is 314 g/mol. The summed E-state index contributed by atoms with van der Waals surface area (Å²) < 4.78 is 26.6. The predicted molar refractivity (Wildman–Crippen MR) is 76.4 cm³/mol. The van der Waals surface area contributed by atoms with E-state index in [1.807, 2.05) is 0 Å². The highest BCUT2D eigenvalue weighted by Crippen LogP contribution is 2.28. The molecule has 0 bridgehead atoms. The Hall–Kier alpha value is -1.45. The zero-order valence-corrected chi connectivity index (χ0v) is 12.9. The summed E-state index contributed by atoms with van der Waals surface area (Å²) in [5, 5.41) is 4.14. The monoisotopic (exact) mass is 329 g/mol. The van der Waals surface area contributed by atoms with Gasteiger partial charge in [-0.3, -0.25) is 9.59 Å². The van der Waals surface area contributed by atoms with Gasteiger partial charge in [0.25, 0.3) is 5.91 Å². The number of carbonyl (C=O) groups excluding carboxylic acids is 2. The van der Waals surface area contributed by atoms with Crippen molar-refractivity contribution in [2.24, 2.45) is 0 Å². The minimum atomic E-state index is -3.62. The lowest BCUT2D eigenvalue weighted by molar-refractivity contribution is -0.118. The summed E-state index contributed by atoms with van der Waals surface area (Å²) in [7, 11) is -3.62. The van der Waals surface area contributed by atoms with Crippen LogP contribution in [0, 0.1) is 0 Å². The van der Waals surface area contributed by atoms with Gasteiger partial charge in [0.1, 0.15) is 16.3 Å². The average molecular weight is 329 g/mol. The van der Waals surface area contributed by atoms with Crippen molar-refractivity contribution in [3.8, 4) is 0 Å². The number of nitrogens with zero attached hydrogens (tertiary/aromatic N) is 2. The predicted octanol–water partition coefficient (Wildman–Crippen LogP) is 0.0621. The third-order valence-corrected chi connectivity index (χ3v) is 6.57. The smallest absolute Gasteiger partial charge is 0.267 e. The number of hydrogen-bond acceptors (Lipinski definition) is 5. The van der Waals surface area contributed by atoms with E-state index in [1.54, 1.807) is 5.38 Å². The molecule has 1 aromatic rings. The molecule has 0 atom stereocenters. The Morgan fingerprint density at radius 1 is 1.29 bits per heavy atom. The highest BCUT2D eigenvalue weighted by molar-refractivity contribution is 7.89. The van der Waals surface area contributed by atoms with E-state index < -0.39 is 15.9 Å². The largest absolute Gasteiger partial charge is 0.337 e. The van der Waals surface area contributed by atoms with Crippen LogP contribution in [-0.2, 0) is 14.8 Å². The van der Waals surface area contributed by atoms with Crippen molar-refractivity contribution in [1.29, 1.82) is 0 Å². The molecule has 114 valence electrons. The van der Waals surface area contributed by atoms with Gasteiger partial charge in [0.15, 0.2) is 0 Å². The molecule has 2 aliphatic rings. The molecular formula is C12H15N3O4S2. The van der Waals surface area contributed by atoms with E-state index >= 15 is 0 Å². The summed E-state index contributed by atoms with van der Waals surface area (Å²) >= 11 is 1.10. The molecule has 2 aliphatic heterocycles. The summed E-state index contributed by atoms with van der Waals surface area (Å²) in [5.41, 5.74) is 0. The molecule has 21 heavy (non-hydrogen) atoms. The molecule has 1 aromatic heterocycles. The summed E-state index contributed by atoms with van der Waals surface area (Å²) in [6.45, 7) is 1.09. The number of hydrogen-bond donors (Lipinski definition) is 1. The van der Waals surface area contributed by atoms with Crippen LogP contribution in [0.5, 0.6) is 0 Å². The van der Waals surface area contributed by atoms with Crippen molar-refractivity contribution in [3.05, 3.63) is 16.3 Å². The first-order chi connectivity index (χ1) is 10.00. The first-order valence-electron chi connectivity index (χ1n) is 6.64. The van der Waals surface area contributed by atoms with Crippen molar-refractivity contribution in [3.63, 3.8) is 0 Å². The second kappa shape index (κ2) is 5.39. The fourth-order valence-corrected chi connectivity index (χ4v) is 5.36. The topological polar surface area (TPSA) is 86.8 Å². The molecule has 9 heteroatoms. The highest BCUT2D eigenvalue weighted by Gasteiger charge is 2.34. The molecule has 3 heterocycles. The first-order valence-corrected chi connectivity index (χ1v) is 8.96. The van der Waals surface area contributed by atoms with Gasteiger partial charge < -0.3 is 10.2 Å². The lowest BCUT2D eigenvalue weighted by Gasteiger charge is -2.17. The van der Waals surface area contributed by atoms with Crippen LogP contribution in [0.4, 0.5) is 0 Å². The van der Waals surface area contributed by atoms with Gasteiger partial charge in [0.2, 0.25) is 15.9 Å². The lowest BCUT2D eigenvalue weighted by Crippen LogP contribution is -2.32. The minimum Gasteiger partial charge on any atom is -0.337 e. The molecule has 0 saturated carbocycles. The van der Waals surface area contributed by atoms with Crippen molar-refractivity contribution in [1.82, 2.24) is 14.5 Å². The Labute approximate surface area is 126 Å². The maximum atomic E-state index is 12.6. The van der Waals surface area contributed by atoms with E-state index in [1.165, 1.54) is 15.3 Å². The van der Waals surface area contributed by atoms with Gasteiger partial charge in [0.05, 0.1) is 6.67 Å². The van der Waals surface area contributed by atoms with Crippen LogP contribution < -0.4 is 5.32 Å². The molecule has 2 fully saturated rings. The summed E-state index contributed by atoms with van der Waals surface area (Å²) in [5.74, 6) is -0.648. The van der Waals surface area contributed by atoms with Gasteiger partial charge in [-0.05, 0) is 24.3 Å². The van der Waals surface area contributed by atoms with Crippen LogP contribution in [-0.4, -0.2) is 55.7 Å². The zero-order valence-electron chi connectivity index (χ0n) is 11.2. The molecule has 0 aliphatic carbocycles. The summed E-state index contributed by atoms with van der Waals surface area (Å²) in [4.78, 5) is 25.1. The second-order valence-electron chi connectivity index (χ2n) is 4.99. The van der Waals surface area contributed by atoms with E-state index in [9.17, 15) is 18.0 Å². The van der Waals surface area contributed by atoms with Gasteiger partial charge in [-0.15, -0.1) is 11.3 Å². The van der Waals surface area contributed by atoms with E-state index in [0.717, 1.165) is 24.2 Å². The molecule has 0 spiro atoms. The molecule has 0 radical (unpaired) electrons. The average Bonchev–Trinajstić information content (AvgIpc) is 3.19. The highest BCUT2D eigenvalue weighted by atomic mass is 32.2. The maximum absolute atomic E-state index is 12.6. The van der Waals surface area contributed by atoms with E-state index in [4.69, 9.17) is 0 Å². The summed E-state index contributed by atoms with van der Waals surface area (Å²) in [6, 6.07) is 1.47. The molecule has 0 unspecified atom stereocenters. The van der Waals surface area contributed by atoms with Crippen molar-refractivity contribution < 1.29 is 18.0 Å². The number of amides is 2. The van der Waals surface area contributed by atoms with Crippen LogP contribution >= 0.6 is 11.3 Å². The number of sulfonamides is 1. The van der Waals surface area contributed by atoms with Crippen molar-refractivity contribution >= 4 is 33.2 Å². The van der Waals surface area contributed by atoms with Crippen LogP contribution in [0.1, 0.15) is 22.5 Å². The fraction of sp³-hybridized carbons (Fsp3) is 0.500. The molecule has 2 amide bonds. The van der Waals surface area contributed by atoms with Crippen molar-refractivity contribution in [2.75, 3.05) is 26.3 Å². The SMILES string of the molecule is O=C1CN(C(=O)c2sccc2S(=O)(=O)N2CCCC2)CN1. The van der Waals surface area contributed by atoms with Crippen molar-refractivity contribution in [2.45, 2.75) is 17.7 Å². The van der Waals surface area contributed by atoms with Gasteiger partial charge in [-0.2, -0.15) is 4.31 Å².